The summed E-state index contributed by atoms with van der Waals surface area (Å²) in [6.07, 6.45) is -4.14. The normalized spacial score (nSPS) is 11.3. The number of halogens is 3. The Morgan fingerprint density at radius 1 is 1.17 bits per heavy atom. The summed E-state index contributed by atoms with van der Waals surface area (Å²) < 4.78 is 43.6. The van der Waals surface area contributed by atoms with Gasteiger partial charge in [-0.15, -0.1) is 13.2 Å². The molecule has 1 aromatic rings. The summed E-state index contributed by atoms with van der Waals surface area (Å²) in [5.74, 6) is 0.465. The van der Waals surface area contributed by atoms with E-state index in [0.29, 0.717) is 17.2 Å². The van der Waals surface area contributed by atoms with Crippen molar-refractivity contribution in [1.82, 2.24) is 0 Å². The van der Waals surface area contributed by atoms with Gasteiger partial charge in [0.25, 0.3) is 0 Å². The molecule has 3 nitrogen and oxygen atoms in total. The Kier molecular flexibility index (Phi) is 5.36. The van der Waals surface area contributed by atoms with Gasteiger partial charge in [-0.05, 0) is 17.7 Å². The van der Waals surface area contributed by atoms with Crippen LogP contribution < -0.4 is 10.5 Å². The lowest BCUT2D eigenvalue weighted by Crippen LogP contribution is -2.18. The number of hydrogen-bond acceptors (Lipinski definition) is 3. The van der Waals surface area contributed by atoms with Gasteiger partial charge >= 0.3 is 6.36 Å². The van der Waals surface area contributed by atoms with Gasteiger partial charge in [-0.1, -0.05) is 24.4 Å². The average molecular weight is 279 g/mol. The summed E-state index contributed by atoms with van der Waals surface area (Å²) >= 11 is 4.75. The summed E-state index contributed by atoms with van der Waals surface area (Å²) in [6, 6.07) is 6.78. The molecular weight excluding hydrogens is 267 g/mol. The van der Waals surface area contributed by atoms with Crippen molar-refractivity contribution in [2.45, 2.75) is 12.8 Å². The van der Waals surface area contributed by atoms with Crippen molar-refractivity contribution in [2.24, 2.45) is 5.73 Å². The number of rotatable bonds is 6. The highest BCUT2D eigenvalue weighted by molar-refractivity contribution is 7.80. The second-order valence-corrected chi connectivity index (χ2v) is 3.95. The maximum Gasteiger partial charge on any atom is 0.522 e. The second kappa shape index (κ2) is 6.55. The molecule has 0 aliphatic carbocycles. The monoisotopic (exact) mass is 279 g/mol. The minimum atomic E-state index is -4.62. The SMILES string of the molecule is NC(=S)Cc1ccc(OCCOC(F)(F)F)cc1. The number of thiocarbonyl (C=S) groups is 1. The topological polar surface area (TPSA) is 44.5 Å². The van der Waals surface area contributed by atoms with Gasteiger partial charge in [-0.3, -0.25) is 4.74 Å². The van der Waals surface area contributed by atoms with Crippen molar-refractivity contribution >= 4 is 17.2 Å². The van der Waals surface area contributed by atoms with Crippen molar-refractivity contribution < 1.29 is 22.6 Å². The first-order chi connectivity index (χ1) is 8.37. The Balaban J connectivity index is 2.33. The number of alkyl halides is 3. The molecule has 0 aliphatic heterocycles. The fraction of sp³-hybridized carbons (Fsp3) is 0.364. The molecule has 1 aromatic carbocycles. The molecule has 2 N–H and O–H groups in total. The standard InChI is InChI=1S/C11H12F3NO2S/c12-11(13,14)17-6-5-16-9-3-1-8(2-4-9)7-10(15)18/h1-4H,5-7H2,(H2,15,18). The Hall–Kier alpha value is -1.34. The largest absolute Gasteiger partial charge is 0.522 e. The second-order valence-electron chi connectivity index (χ2n) is 3.43. The molecule has 0 heterocycles. The number of benzene rings is 1. The summed E-state index contributed by atoms with van der Waals surface area (Å²) in [6.45, 7) is -0.716. The van der Waals surface area contributed by atoms with Gasteiger partial charge in [0.2, 0.25) is 0 Å². The third-order valence-electron chi connectivity index (χ3n) is 1.92. The van der Waals surface area contributed by atoms with E-state index in [1.165, 1.54) is 0 Å². The van der Waals surface area contributed by atoms with Crippen LogP contribution in [0.15, 0.2) is 24.3 Å². The first-order valence-electron chi connectivity index (χ1n) is 5.07. The van der Waals surface area contributed by atoms with Crippen LogP contribution in [0.3, 0.4) is 0 Å². The van der Waals surface area contributed by atoms with Crippen LogP contribution in [0, 0.1) is 0 Å². The molecule has 0 saturated carbocycles. The van der Waals surface area contributed by atoms with Gasteiger partial charge in [0, 0.05) is 6.42 Å². The lowest BCUT2D eigenvalue weighted by Gasteiger charge is -2.09. The van der Waals surface area contributed by atoms with Crippen LogP contribution in [0.1, 0.15) is 5.56 Å². The van der Waals surface area contributed by atoms with Gasteiger partial charge in [-0.2, -0.15) is 0 Å². The van der Waals surface area contributed by atoms with Crippen LogP contribution >= 0.6 is 12.2 Å². The minimum absolute atomic E-state index is 0.172. The zero-order valence-electron chi connectivity index (χ0n) is 9.37. The van der Waals surface area contributed by atoms with Gasteiger partial charge in [0.05, 0.1) is 11.6 Å². The number of nitrogens with two attached hydrogens (primary N) is 1. The van der Waals surface area contributed by atoms with E-state index in [1.54, 1.807) is 24.3 Å². The van der Waals surface area contributed by atoms with Crippen molar-refractivity contribution in [3.63, 3.8) is 0 Å². The zero-order valence-corrected chi connectivity index (χ0v) is 10.2. The van der Waals surface area contributed by atoms with Crippen molar-refractivity contribution in [2.75, 3.05) is 13.2 Å². The highest BCUT2D eigenvalue weighted by Gasteiger charge is 2.28. The highest BCUT2D eigenvalue weighted by Crippen LogP contribution is 2.16. The van der Waals surface area contributed by atoms with E-state index in [-0.39, 0.29) is 6.61 Å². The van der Waals surface area contributed by atoms with E-state index in [2.05, 4.69) is 4.74 Å². The third-order valence-corrected chi connectivity index (χ3v) is 2.06. The van der Waals surface area contributed by atoms with Crippen LogP contribution in [0.25, 0.3) is 0 Å². The molecule has 0 bridgehead atoms. The summed E-state index contributed by atoms with van der Waals surface area (Å²) in [5.41, 5.74) is 6.30. The van der Waals surface area contributed by atoms with Crippen molar-refractivity contribution in [3.05, 3.63) is 29.8 Å². The van der Waals surface area contributed by atoms with Crippen LogP contribution in [-0.4, -0.2) is 24.6 Å². The summed E-state index contributed by atoms with van der Waals surface area (Å²) in [7, 11) is 0. The fourth-order valence-corrected chi connectivity index (χ4v) is 1.39. The van der Waals surface area contributed by atoms with Crippen LogP contribution in [0.5, 0.6) is 5.75 Å². The van der Waals surface area contributed by atoms with E-state index in [0.717, 1.165) is 5.56 Å². The van der Waals surface area contributed by atoms with E-state index in [9.17, 15) is 13.2 Å². The van der Waals surface area contributed by atoms with Crippen LogP contribution in [-0.2, 0) is 11.2 Å². The molecule has 0 amide bonds. The smallest absolute Gasteiger partial charge is 0.491 e. The van der Waals surface area contributed by atoms with Gasteiger partial charge < -0.3 is 10.5 Å². The maximum atomic E-state index is 11.7. The van der Waals surface area contributed by atoms with Crippen LogP contribution in [0.4, 0.5) is 13.2 Å². The van der Waals surface area contributed by atoms with E-state index in [4.69, 9.17) is 22.7 Å². The summed E-state index contributed by atoms with van der Waals surface area (Å²) in [4.78, 5) is 0.377. The molecule has 100 valence electrons. The van der Waals surface area contributed by atoms with E-state index in [1.807, 2.05) is 0 Å². The van der Waals surface area contributed by atoms with Crippen LogP contribution in [0.2, 0.25) is 0 Å². The minimum Gasteiger partial charge on any atom is -0.491 e. The summed E-state index contributed by atoms with van der Waals surface area (Å²) in [5, 5.41) is 0. The molecule has 18 heavy (non-hydrogen) atoms. The molecule has 0 saturated heterocycles. The average Bonchev–Trinajstić information content (AvgIpc) is 2.24. The molecule has 1 rings (SSSR count). The quantitative estimate of drug-likeness (QED) is 0.641. The molecule has 0 atom stereocenters. The molecular formula is C11H12F3NO2S. The Morgan fingerprint density at radius 3 is 2.28 bits per heavy atom. The number of ether oxygens (including phenoxy) is 2. The third kappa shape index (κ3) is 6.41. The maximum absolute atomic E-state index is 11.7. The first-order valence-corrected chi connectivity index (χ1v) is 5.48. The van der Waals surface area contributed by atoms with Gasteiger partial charge in [0.15, 0.2) is 0 Å². The Bertz CT molecular complexity index is 392. The molecule has 0 spiro atoms. The highest BCUT2D eigenvalue weighted by atomic mass is 32.1. The molecule has 0 aromatic heterocycles. The Morgan fingerprint density at radius 2 is 1.78 bits per heavy atom. The number of hydrogen-bond donors (Lipinski definition) is 1. The lowest BCUT2D eigenvalue weighted by molar-refractivity contribution is -0.325. The zero-order chi connectivity index (χ0) is 13.6. The van der Waals surface area contributed by atoms with Crippen molar-refractivity contribution in [1.29, 1.82) is 0 Å². The molecule has 0 aliphatic rings. The van der Waals surface area contributed by atoms with Gasteiger partial charge in [0.1, 0.15) is 12.4 Å². The molecule has 0 radical (unpaired) electrons. The molecule has 0 fully saturated rings. The molecule has 0 unspecified atom stereocenters. The molecule has 7 heteroatoms. The predicted octanol–water partition coefficient (Wildman–Crippen LogP) is 2.43. The van der Waals surface area contributed by atoms with E-state index >= 15 is 0 Å². The van der Waals surface area contributed by atoms with E-state index < -0.39 is 13.0 Å². The lowest BCUT2D eigenvalue weighted by atomic mass is 10.1. The predicted molar refractivity (Wildman–Crippen MR) is 64.4 cm³/mol. The first kappa shape index (κ1) is 14.7. The fourth-order valence-electron chi connectivity index (χ4n) is 1.22. The Labute approximate surface area is 108 Å². The van der Waals surface area contributed by atoms with Gasteiger partial charge in [-0.25, -0.2) is 0 Å². The van der Waals surface area contributed by atoms with Crippen molar-refractivity contribution in [3.8, 4) is 5.75 Å².